The Hall–Kier alpha value is -2.00. The Morgan fingerprint density at radius 2 is 1.89 bits per heavy atom. The quantitative estimate of drug-likeness (QED) is 0.917. The topological polar surface area (TPSA) is 38.7 Å². The number of ether oxygens (including phenoxy) is 2. The molecule has 1 unspecified atom stereocenters. The van der Waals surface area contributed by atoms with Crippen molar-refractivity contribution < 1.29 is 14.6 Å². The van der Waals surface area contributed by atoms with E-state index in [1.165, 1.54) is 11.1 Å². The van der Waals surface area contributed by atoms with Crippen LogP contribution in [0.2, 0.25) is 0 Å². The van der Waals surface area contributed by atoms with E-state index in [1.54, 1.807) is 24.3 Å². The summed E-state index contributed by atoms with van der Waals surface area (Å²) in [6.07, 6.45) is 0.949. The van der Waals surface area contributed by atoms with E-state index in [1.807, 2.05) is 6.07 Å². The Morgan fingerprint density at radius 3 is 2.74 bits per heavy atom. The van der Waals surface area contributed by atoms with Crippen molar-refractivity contribution in [3.63, 3.8) is 0 Å². The van der Waals surface area contributed by atoms with Gasteiger partial charge in [0.15, 0.2) is 0 Å². The van der Waals surface area contributed by atoms with Crippen LogP contribution in [0.5, 0.6) is 11.5 Å². The Bertz CT molecular complexity index is 548. The second-order valence-corrected chi connectivity index (χ2v) is 4.61. The summed E-state index contributed by atoms with van der Waals surface area (Å²) in [6, 6.07) is 15.1. The Labute approximate surface area is 112 Å². The first-order valence-electron chi connectivity index (χ1n) is 6.44. The van der Waals surface area contributed by atoms with Gasteiger partial charge in [0, 0.05) is 0 Å². The molecule has 0 saturated carbocycles. The highest BCUT2D eigenvalue weighted by Crippen LogP contribution is 2.27. The summed E-state index contributed by atoms with van der Waals surface area (Å²) in [7, 11) is 0. The van der Waals surface area contributed by atoms with E-state index in [2.05, 4.69) is 18.2 Å². The molecule has 2 aromatic rings. The van der Waals surface area contributed by atoms with Gasteiger partial charge in [0.05, 0.1) is 6.61 Å². The highest BCUT2D eigenvalue weighted by Gasteiger charge is 2.20. The van der Waals surface area contributed by atoms with Gasteiger partial charge in [0.25, 0.3) is 0 Å². The molecule has 2 aromatic carbocycles. The minimum atomic E-state index is -0.0150. The van der Waals surface area contributed by atoms with Crippen molar-refractivity contribution in [1.29, 1.82) is 0 Å². The van der Waals surface area contributed by atoms with E-state index in [4.69, 9.17) is 9.47 Å². The van der Waals surface area contributed by atoms with Crippen LogP contribution < -0.4 is 4.74 Å². The van der Waals surface area contributed by atoms with Gasteiger partial charge >= 0.3 is 0 Å². The molecule has 0 bridgehead atoms. The van der Waals surface area contributed by atoms with E-state index < -0.39 is 0 Å². The van der Waals surface area contributed by atoms with Gasteiger partial charge < -0.3 is 14.6 Å². The van der Waals surface area contributed by atoms with Crippen LogP contribution in [0, 0.1) is 0 Å². The summed E-state index contributed by atoms with van der Waals surface area (Å²) >= 11 is 0. The van der Waals surface area contributed by atoms with Crippen molar-refractivity contribution >= 4 is 0 Å². The fraction of sp³-hybridized carbons (Fsp3) is 0.250. The third-order valence-corrected chi connectivity index (χ3v) is 3.33. The second kappa shape index (κ2) is 5.33. The van der Waals surface area contributed by atoms with Crippen LogP contribution in [0.4, 0.5) is 0 Å². The summed E-state index contributed by atoms with van der Waals surface area (Å²) in [5.74, 6) is 0.982. The number of fused-ring (bicyclic) bond motifs is 1. The van der Waals surface area contributed by atoms with Gasteiger partial charge in [-0.3, -0.25) is 0 Å². The van der Waals surface area contributed by atoms with Crippen molar-refractivity contribution in [2.45, 2.75) is 12.5 Å². The maximum atomic E-state index is 9.22. The molecule has 1 N–H and O–H groups in total. The Kier molecular flexibility index (Phi) is 3.38. The van der Waals surface area contributed by atoms with E-state index in [9.17, 15) is 5.11 Å². The van der Waals surface area contributed by atoms with Crippen LogP contribution in [0.15, 0.2) is 48.5 Å². The lowest BCUT2D eigenvalue weighted by molar-refractivity contribution is 0.0102. The standard InChI is InChI=1S/C16H16O3/c17-13-5-7-14(8-6-13)19-11-16-15-4-2-1-3-12(15)9-10-18-16/h1-8,16-17H,9-11H2. The minimum Gasteiger partial charge on any atom is -0.508 e. The zero-order valence-corrected chi connectivity index (χ0v) is 10.6. The predicted molar refractivity (Wildman–Crippen MR) is 72.4 cm³/mol. The third-order valence-electron chi connectivity index (χ3n) is 3.33. The normalized spacial score (nSPS) is 17.8. The molecule has 0 radical (unpaired) electrons. The number of hydrogen-bond donors (Lipinski definition) is 1. The van der Waals surface area contributed by atoms with Gasteiger partial charge in [-0.2, -0.15) is 0 Å². The van der Waals surface area contributed by atoms with Crippen LogP contribution in [0.3, 0.4) is 0 Å². The van der Waals surface area contributed by atoms with Gasteiger partial charge in [-0.15, -0.1) is 0 Å². The molecule has 0 spiro atoms. The molecule has 19 heavy (non-hydrogen) atoms. The van der Waals surface area contributed by atoms with Gasteiger partial charge in [-0.05, 0) is 41.8 Å². The number of aromatic hydroxyl groups is 1. The van der Waals surface area contributed by atoms with Crippen molar-refractivity contribution in [3.05, 3.63) is 59.7 Å². The first kappa shape index (κ1) is 12.1. The average molecular weight is 256 g/mol. The van der Waals surface area contributed by atoms with Gasteiger partial charge in [-0.1, -0.05) is 24.3 Å². The van der Waals surface area contributed by atoms with Crippen molar-refractivity contribution in [1.82, 2.24) is 0 Å². The largest absolute Gasteiger partial charge is 0.508 e. The summed E-state index contributed by atoms with van der Waals surface area (Å²) < 4.78 is 11.5. The SMILES string of the molecule is Oc1ccc(OCC2OCCc3ccccc32)cc1. The first-order valence-corrected chi connectivity index (χ1v) is 6.44. The van der Waals surface area contributed by atoms with E-state index >= 15 is 0 Å². The lowest BCUT2D eigenvalue weighted by atomic mass is 9.98. The number of rotatable bonds is 3. The molecular formula is C16H16O3. The number of hydrogen-bond acceptors (Lipinski definition) is 3. The fourth-order valence-corrected chi connectivity index (χ4v) is 2.33. The van der Waals surface area contributed by atoms with Crippen molar-refractivity contribution in [2.24, 2.45) is 0 Å². The molecule has 1 aliphatic heterocycles. The van der Waals surface area contributed by atoms with Crippen molar-refractivity contribution in [3.8, 4) is 11.5 Å². The molecule has 1 atom stereocenters. The Morgan fingerprint density at radius 1 is 1.11 bits per heavy atom. The number of phenolic OH excluding ortho intramolecular Hbond substituents is 1. The van der Waals surface area contributed by atoms with Crippen LogP contribution in [0.1, 0.15) is 17.2 Å². The molecule has 3 heteroatoms. The summed E-state index contributed by atoms with van der Waals surface area (Å²) in [4.78, 5) is 0. The smallest absolute Gasteiger partial charge is 0.119 e. The number of phenols is 1. The van der Waals surface area contributed by atoms with Gasteiger partial charge in [0.1, 0.15) is 24.2 Å². The molecule has 0 fully saturated rings. The molecule has 3 rings (SSSR count). The fourth-order valence-electron chi connectivity index (χ4n) is 2.33. The van der Waals surface area contributed by atoms with Gasteiger partial charge in [-0.25, -0.2) is 0 Å². The van der Waals surface area contributed by atoms with E-state index in [0.717, 1.165) is 18.8 Å². The lowest BCUT2D eigenvalue weighted by Gasteiger charge is -2.26. The highest BCUT2D eigenvalue weighted by atomic mass is 16.5. The third kappa shape index (κ3) is 2.71. The zero-order chi connectivity index (χ0) is 13.1. The number of benzene rings is 2. The van der Waals surface area contributed by atoms with Crippen LogP contribution >= 0.6 is 0 Å². The lowest BCUT2D eigenvalue weighted by Crippen LogP contribution is -2.21. The van der Waals surface area contributed by atoms with Crippen molar-refractivity contribution in [2.75, 3.05) is 13.2 Å². The summed E-state index contributed by atoms with van der Waals surface area (Å²) in [6.45, 7) is 1.22. The summed E-state index contributed by atoms with van der Waals surface area (Å²) in [5.41, 5.74) is 2.56. The molecule has 98 valence electrons. The highest BCUT2D eigenvalue weighted by molar-refractivity contribution is 5.32. The molecule has 1 aliphatic rings. The average Bonchev–Trinajstić information content (AvgIpc) is 2.47. The molecule has 1 heterocycles. The van der Waals surface area contributed by atoms with Crippen LogP contribution in [-0.4, -0.2) is 18.3 Å². The maximum Gasteiger partial charge on any atom is 0.119 e. The van der Waals surface area contributed by atoms with Gasteiger partial charge in [0.2, 0.25) is 0 Å². The predicted octanol–water partition coefficient (Wildman–Crippen LogP) is 3.09. The van der Waals surface area contributed by atoms with E-state index in [0.29, 0.717) is 6.61 Å². The van der Waals surface area contributed by atoms with E-state index in [-0.39, 0.29) is 11.9 Å². The second-order valence-electron chi connectivity index (χ2n) is 4.61. The summed E-state index contributed by atoms with van der Waals surface area (Å²) in [5, 5.41) is 9.22. The monoisotopic (exact) mass is 256 g/mol. The molecule has 0 aliphatic carbocycles. The maximum absolute atomic E-state index is 9.22. The zero-order valence-electron chi connectivity index (χ0n) is 10.6. The molecule has 0 amide bonds. The Balaban J connectivity index is 1.69. The molecule has 3 nitrogen and oxygen atoms in total. The van der Waals surface area contributed by atoms with Crippen LogP contribution in [-0.2, 0) is 11.2 Å². The molecule has 0 saturated heterocycles. The minimum absolute atomic E-state index is 0.0150. The molecular weight excluding hydrogens is 240 g/mol. The molecule has 0 aromatic heterocycles. The van der Waals surface area contributed by atoms with Crippen LogP contribution in [0.25, 0.3) is 0 Å². The first-order chi connectivity index (χ1) is 9.33.